The zero-order valence-corrected chi connectivity index (χ0v) is 10.9. The van der Waals surface area contributed by atoms with E-state index in [0.717, 1.165) is 29.7 Å². The van der Waals surface area contributed by atoms with Gasteiger partial charge in [0.25, 0.3) is 0 Å². The second-order valence-corrected chi connectivity index (χ2v) is 4.62. The quantitative estimate of drug-likeness (QED) is 0.888. The van der Waals surface area contributed by atoms with Gasteiger partial charge in [-0.15, -0.1) is 0 Å². The Bertz CT molecular complexity index is 514. The fourth-order valence-corrected chi connectivity index (χ4v) is 2.41. The molecular weight excluding hydrogens is 257 g/mol. The first-order chi connectivity index (χ1) is 8.15. The lowest BCUT2D eigenvalue weighted by Crippen LogP contribution is -1.93. The summed E-state index contributed by atoms with van der Waals surface area (Å²) in [5, 5.41) is 8.13. The molecule has 0 unspecified atom stereocenters. The number of anilines is 1. The first-order valence-electron chi connectivity index (χ1n) is 5.42. The lowest BCUT2D eigenvalue weighted by Gasteiger charge is -2.07. The lowest BCUT2D eigenvalue weighted by atomic mass is 10.0. The number of H-pyrrole nitrogens is 1. The predicted molar refractivity (Wildman–Crippen MR) is 72.5 cm³/mol. The number of nitrogens with one attached hydrogen (secondary N) is 1. The van der Waals surface area contributed by atoms with E-state index in [2.05, 4.69) is 17.1 Å². The third-order valence-electron chi connectivity index (χ3n) is 2.61. The normalized spacial score (nSPS) is 10.8. The molecule has 17 heavy (non-hydrogen) atoms. The fraction of sp³-hybridized carbons (Fsp3) is 0.250. The van der Waals surface area contributed by atoms with Gasteiger partial charge in [0.1, 0.15) is 5.82 Å². The van der Waals surface area contributed by atoms with E-state index < -0.39 is 0 Å². The van der Waals surface area contributed by atoms with E-state index >= 15 is 0 Å². The van der Waals surface area contributed by atoms with Gasteiger partial charge in [0.05, 0.1) is 15.7 Å². The van der Waals surface area contributed by atoms with Gasteiger partial charge in [0, 0.05) is 11.1 Å². The summed E-state index contributed by atoms with van der Waals surface area (Å²) in [6.07, 6.45) is 1.83. The number of aromatic nitrogens is 2. The highest BCUT2D eigenvalue weighted by molar-refractivity contribution is 6.39. The Morgan fingerprint density at radius 1 is 1.29 bits per heavy atom. The molecule has 1 heterocycles. The Morgan fingerprint density at radius 3 is 2.53 bits per heavy atom. The van der Waals surface area contributed by atoms with Crippen molar-refractivity contribution in [3.05, 3.63) is 33.8 Å². The van der Waals surface area contributed by atoms with Crippen molar-refractivity contribution in [2.45, 2.75) is 19.8 Å². The van der Waals surface area contributed by atoms with Crippen LogP contribution in [-0.2, 0) is 6.42 Å². The van der Waals surface area contributed by atoms with Gasteiger partial charge in [0.15, 0.2) is 0 Å². The minimum atomic E-state index is 0.512. The molecule has 0 saturated heterocycles. The third kappa shape index (κ3) is 2.26. The second kappa shape index (κ2) is 4.98. The summed E-state index contributed by atoms with van der Waals surface area (Å²) in [4.78, 5) is 0. The van der Waals surface area contributed by atoms with Gasteiger partial charge in [-0.3, -0.25) is 5.10 Å². The van der Waals surface area contributed by atoms with Crippen molar-refractivity contribution in [2.75, 3.05) is 5.73 Å². The van der Waals surface area contributed by atoms with Crippen molar-refractivity contribution in [1.82, 2.24) is 10.2 Å². The van der Waals surface area contributed by atoms with Crippen LogP contribution in [0.5, 0.6) is 0 Å². The first-order valence-corrected chi connectivity index (χ1v) is 6.17. The van der Waals surface area contributed by atoms with E-state index in [9.17, 15) is 0 Å². The highest BCUT2D eigenvalue weighted by Gasteiger charge is 2.16. The molecule has 3 nitrogen and oxygen atoms in total. The van der Waals surface area contributed by atoms with Gasteiger partial charge in [-0.1, -0.05) is 42.6 Å². The highest BCUT2D eigenvalue weighted by Crippen LogP contribution is 2.36. The maximum absolute atomic E-state index is 6.17. The van der Waals surface area contributed by atoms with Crippen LogP contribution in [0.1, 0.15) is 18.9 Å². The Hall–Kier alpha value is -1.19. The number of nitrogens with two attached hydrogens (primary N) is 1. The van der Waals surface area contributed by atoms with Crippen LogP contribution in [0.3, 0.4) is 0 Å². The summed E-state index contributed by atoms with van der Waals surface area (Å²) < 4.78 is 0. The minimum absolute atomic E-state index is 0.512. The van der Waals surface area contributed by atoms with Crippen molar-refractivity contribution in [2.24, 2.45) is 0 Å². The lowest BCUT2D eigenvalue weighted by molar-refractivity contribution is 0.927. The first kappa shape index (κ1) is 12.3. The van der Waals surface area contributed by atoms with Crippen molar-refractivity contribution >= 4 is 29.0 Å². The van der Waals surface area contributed by atoms with Gasteiger partial charge in [-0.05, 0) is 18.6 Å². The zero-order valence-electron chi connectivity index (χ0n) is 9.43. The van der Waals surface area contributed by atoms with Gasteiger partial charge >= 0.3 is 0 Å². The number of nitrogen functional groups attached to an aromatic ring is 1. The number of nitrogens with zero attached hydrogens (tertiary/aromatic N) is 1. The molecule has 0 atom stereocenters. The zero-order chi connectivity index (χ0) is 12.4. The third-order valence-corrected chi connectivity index (χ3v) is 3.24. The van der Waals surface area contributed by atoms with E-state index in [4.69, 9.17) is 28.9 Å². The van der Waals surface area contributed by atoms with Gasteiger partial charge < -0.3 is 5.73 Å². The molecule has 0 aliphatic rings. The van der Waals surface area contributed by atoms with E-state index in [1.165, 1.54) is 0 Å². The number of benzene rings is 1. The van der Waals surface area contributed by atoms with Gasteiger partial charge in [0.2, 0.25) is 0 Å². The van der Waals surface area contributed by atoms with Crippen LogP contribution in [0.4, 0.5) is 5.82 Å². The van der Waals surface area contributed by atoms with Crippen molar-refractivity contribution < 1.29 is 0 Å². The molecule has 0 amide bonds. The summed E-state index contributed by atoms with van der Waals surface area (Å²) in [5.74, 6) is 0.512. The molecule has 0 radical (unpaired) electrons. The molecule has 2 rings (SSSR count). The topological polar surface area (TPSA) is 54.7 Å². The summed E-state index contributed by atoms with van der Waals surface area (Å²) in [7, 11) is 0. The molecule has 1 aromatic heterocycles. The highest BCUT2D eigenvalue weighted by atomic mass is 35.5. The Morgan fingerprint density at radius 2 is 1.94 bits per heavy atom. The molecule has 5 heteroatoms. The van der Waals surface area contributed by atoms with Crippen LogP contribution >= 0.6 is 23.2 Å². The predicted octanol–water partition coefficient (Wildman–Crippen LogP) is 3.92. The molecule has 2 aromatic rings. The maximum atomic E-state index is 6.17. The van der Waals surface area contributed by atoms with Crippen molar-refractivity contribution in [3.8, 4) is 11.3 Å². The molecule has 0 aliphatic carbocycles. The van der Waals surface area contributed by atoms with Crippen LogP contribution in [0.25, 0.3) is 11.3 Å². The van der Waals surface area contributed by atoms with Crippen LogP contribution in [0, 0.1) is 0 Å². The van der Waals surface area contributed by atoms with E-state index in [-0.39, 0.29) is 0 Å². The van der Waals surface area contributed by atoms with Crippen molar-refractivity contribution in [3.63, 3.8) is 0 Å². The summed E-state index contributed by atoms with van der Waals surface area (Å²) in [5.41, 5.74) is 8.40. The monoisotopic (exact) mass is 269 g/mol. The average molecular weight is 270 g/mol. The van der Waals surface area contributed by atoms with Crippen LogP contribution in [0.15, 0.2) is 18.2 Å². The Kier molecular flexibility index (Phi) is 3.60. The molecule has 0 fully saturated rings. The minimum Gasteiger partial charge on any atom is -0.382 e. The fourth-order valence-electron chi connectivity index (χ4n) is 1.83. The number of hydrogen-bond acceptors (Lipinski definition) is 2. The van der Waals surface area contributed by atoms with E-state index in [0.29, 0.717) is 15.9 Å². The number of hydrogen-bond donors (Lipinski definition) is 2. The summed E-state index contributed by atoms with van der Waals surface area (Å²) in [6, 6.07) is 5.42. The molecule has 0 bridgehead atoms. The standard InChI is InChI=1S/C12H13Cl2N3/c1-2-4-7-11(16-17-12(7)15)10-8(13)5-3-6-9(10)14/h3,5-6H,2,4H2,1H3,(H3,15,16,17). The average Bonchev–Trinajstić information content (AvgIpc) is 2.62. The number of rotatable bonds is 3. The molecule has 0 spiro atoms. The summed E-state index contributed by atoms with van der Waals surface area (Å²) in [6.45, 7) is 2.09. The van der Waals surface area contributed by atoms with Gasteiger partial charge in [-0.25, -0.2) is 0 Å². The maximum Gasteiger partial charge on any atom is 0.149 e. The van der Waals surface area contributed by atoms with E-state index in [1.807, 2.05) is 6.07 Å². The molecule has 0 aliphatic heterocycles. The van der Waals surface area contributed by atoms with Crippen molar-refractivity contribution in [1.29, 1.82) is 0 Å². The number of halogens is 2. The Balaban J connectivity index is 2.60. The second-order valence-electron chi connectivity index (χ2n) is 3.81. The molecule has 0 saturated carbocycles. The van der Waals surface area contributed by atoms with Crippen LogP contribution in [-0.4, -0.2) is 10.2 Å². The molecule has 1 aromatic carbocycles. The van der Waals surface area contributed by atoms with E-state index in [1.54, 1.807) is 12.1 Å². The Labute approximate surface area is 110 Å². The smallest absolute Gasteiger partial charge is 0.149 e. The molecule has 3 N–H and O–H groups in total. The number of aromatic amines is 1. The van der Waals surface area contributed by atoms with Crippen LogP contribution in [0.2, 0.25) is 10.0 Å². The summed E-state index contributed by atoms with van der Waals surface area (Å²) >= 11 is 12.3. The SMILES string of the molecule is CCCc1c(N)n[nH]c1-c1c(Cl)cccc1Cl. The van der Waals surface area contributed by atoms with Crippen LogP contribution < -0.4 is 5.73 Å². The largest absolute Gasteiger partial charge is 0.382 e. The molecule has 90 valence electrons. The van der Waals surface area contributed by atoms with Gasteiger partial charge in [-0.2, -0.15) is 5.10 Å². The molecular formula is C12H13Cl2N3.